The zero-order chi connectivity index (χ0) is 29.3. The van der Waals surface area contributed by atoms with Crippen LogP contribution in [0.3, 0.4) is 0 Å². The third-order valence-corrected chi connectivity index (χ3v) is 9.09. The number of benzene rings is 2. The van der Waals surface area contributed by atoms with Crippen molar-refractivity contribution in [3.8, 4) is 0 Å². The molecule has 2 aromatic rings. The average molecular weight is 742 g/mol. The van der Waals surface area contributed by atoms with Gasteiger partial charge in [0.25, 0.3) is 0 Å². The molecule has 2 rings (SSSR count). The normalized spacial score (nSPS) is 13.5. The molecule has 0 fully saturated rings. The second-order valence-electron chi connectivity index (χ2n) is 8.81. The van der Waals surface area contributed by atoms with Crippen LogP contribution < -0.4 is 53.5 Å². The summed E-state index contributed by atoms with van der Waals surface area (Å²) in [5, 5.41) is 0. The molecule has 0 aliphatic carbocycles. The second-order valence-corrected chi connectivity index (χ2v) is 13.3. The van der Waals surface area contributed by atoms with Crippen molar-refractivity contribution >= 4 is 27.1 Å². The van der Waals surface area contributed by atoms with Crippen LogP contribution in [0.2, 0.25) is 0 Å². The predicted octanol–water partition coefficient (Wildman–Crippen LogP) is 0.330. The fourth-order valence-electron chi connectivity index (χ4n) is 3.03. The Labute approximate surface area is 285 Å². The van der Waals surface area contributed by atoms with Gasteiger partial charge in [0, 0.05) is 24.2 Å². The summed E-state index contributed by atoms with van der Waals surface area (Å²) in [7, 11) is -2.76. The molecule has 0 bridgehead atoms. The standard InChI is InChI=1S/C14H21O5P.C13H19O5P.HI.Na.2H2/c1-12(9-10-20(16,17-2)18-3)14(15)19-11-13-7-5-4-6-8-13;1-11(8-9-19(15,16)17-2)13(14)18-10-12-6-4-3-5-7-12;;;;/h4-8,12H,9-11H2,1-3H3;3-7,11H,8-10H2,1-2H3,(H,15,16);1H;;2*1H/q;;;+1;;/p-1/t12-;11-;;;;/m11..../s1/i;;;;2*1+1. The van der Waals surface area contributed by atoms with E-state index in [1.54, 1.807) is 13.8 Å². The number of hydrogen-bond donors (Lipinski definition) is 1. The molecule has 0 saturated heterocycles. The van der Waals surface area contributed by atoms with Crippen LogP contribution in [-0.2, 0) is 55.0 Å². The first kappa shape index (κ1) is 42.5. The van der Waals surface area contributed by atoms with Gasteiger partial charge in [-0.1, -0.05) is 74.5 Å². The van der Waals surface area contributed by atoms with Gasteiger partial charge in [-0.3, -0.25) is 18.7 Å². The fourth-order valence-corrected chi connectivity index (χ4v) is 5.15. The van der Waals surface area contributed by atoms with Crippen molar-refractivity contribution in [2.24, 2.45) is 11.8 Å². The largest absolute Gasteiger partial charge is 1.00 e. The van der Waals surface area contributed by atoms with Gasteiger partial charge in [-0.2, -0.15) is 0 Å². The molecule has 0 heterocycles. The zero-order valence-corrected chi connectivity index (χ0v) is 30.5. The first-order chi connectivity index (χ1) is 18.4. The molecule has 3 atom stereocenters. The molecule has 1 unspecified atom stereocenters. The first-order valence-electron chi connectivity index (χ1n) is 12.4. The van der Waals surface area contributed by atoms with Gasteiger partial charge < -0.3 is 51.9 Å². The number of carbonyl (C=O) groups is 2. The van der Waals surface area contributed by atoms with E-state index in [0.29, 0.717) is 6.42 Å². The van der Waals surface area contributed by atoms with E-state index in [1.165, 1.54) is 21.3 Å². The monoisotopic (exact) mass is 742 g/mol. The van der Waals surface area contributed by atoms with Crippen molar-refractivity contribution in [3.05, 3.63) is 71.8 Å². The van der Waals surface area contributed by atoms with Crippen molar-refractivity contribution < 1.29 is 103 Å². The molecule has 0 aliphatic heterocycles. The SMILES string of the molecule is COP(=O)(CC[C@@H](C)C(=O)OCc1ccccc1)OC.COP(=O)(O)CC[C@@H](C)C(=O)OCc1ccccc1.[2HH].[2HH].[I-].[Na+]. The summed E-state index contributed by atoms with van der Waals surface area (Å²) in [5.74, 6) is -1.47. The van der Waals surface area contributed by atoms with Crippen molar-refractivity contribution in [3.63, 3.8) is 0 Å². The van der Waals surface area contributed by atoms with E-state index in [9.17, 15) is 23.6 Å². The summed E-state index contributed by atoms with van der Waals surface area (Å²) in [5.41, 5.74) is 1.85. The summed E-state index contributed by atoms with van der Waals surface area (Å²) in [4.78, 5) is 32.7. The molecular formula is C27H44INaO10P2. The van der Waals surface area contributed by atoms with Crippen molar-refractivity contribution in [1.29, 1.82) is 0 Å². The molecule has 2 aromatic carbocycles. The number of halogens is 1. The van der Waals surface area contributed by atoms with E-state index < -0.39 is 21.1 Å². The molecule has 41 heavy (non-hydrogen) atoms. The minimum absolute atomic E-state index is 0. The van der Waals surface area contributed by atoms with Crippen LogP contribution in [-0.4, -0.2) is 50.5 Å². The molecule has 0 amide bonds. The maximum absolute atomic E-state index is 11.9. The molecule has 0 spiro atoms. The number of esters is 2. The zero-order valence-electron chi connectivity index (χ0n) is 24.6. The minimum Gasteiger partial charge on any atom is -1.00 e. The quantitative estimate of drug-likeness (QED) is 0.118. The Morgan fingerprint density at radius 1 is 0.732 bits per heavy atom. The molecule has 0 saturated carbocycles. The van der Waals surface area contributed by atoms with Gasteiger partial charge in [0.1, 0.15) is 13.2 Å². The van der Waals surface area contributed by atoms with Crippen LogP contribution in [0.5, 0.6) is 0 Å². The Morgan fingerprint density at radius 2 is 1.10 bits per heavy atom. The van der Waals surface area contributed by atoms with Crippen molar-refractivity contribution in [2.45, 2.75) is 39.9 Å². The topological polar surface area (TPSA) is 135 Å². The number of hydrogen-bond acceptors (Lipinski definition) is 9. The summed E-state index contributed by atoms with van der Waals surface area (Å²) in [6.07, 6.45) is 0.800. The number of carbonyl (C=O) groups excluding carboxylic acids is 2. The molecule has 1 N–H and O–H groups in total. The van der Waals surface area contributed by atoms with Crippen LogP contribution >= 0.6 is 15.2 Å². The van der Waals surface area contributed by atoms with Gasteiger partial charge in [0.05, 0.1) is 24.2 Å². The Kier molecular flexibility index (Phi) is 23.7. The molecule has 0 aliphatic rings. The number of rotatable bonds is 15. The fraction of sp³-hybridized carbons (Fsp3) is 0.481. The van der Waals surface area contributed by atoms with Crippen molar-refractivity contribution in [1.82, 2.24) is 0 Å². The average Bonchev–Trinajstić information content (AvgIpc) is 2.97. The van der Waals surface area contributed by atoms with E-state index in [4.69, 9.17) is 18.5 Å². The van der Waals surface area contributed by atoms with Gasteiger partial charge in [-0.25, -0.2) is 0 Å². The van der Waals surface area contributed by atoms with Crippen LogP contribution in [0.15, 0.2) is 60.7 Å². The molecule has 10 nitrogen and oxygen atoms in total. The Bertz CT molecular complexity index is 1100. The van der Waals surface area contributed by atoms with Gasteiger partial charge in [0.2, 0.25) is 0 Å². The van der Waals surface area contributed by atoms with Gasteiger partial charge in [-0.15, -0.1) is 0 Å². The van der Waals surface area contributed by atoms with E-state index in [1.807, 2.05) is 60.7 Å². The Morgan fingerprint density at radius 3 is 1.44 bits per heavy atom. The predicted molar refractivity (Wildman–Crippen MR) is 152 cm³/mol. The van der Waals surface area contributed by atoms with E-state index >= 15 is 0 Å². The van der Waals surface area contributed by atoms with Crippen LogP contribution in [0.4, 0.5) is 0 Å². The third kappa shape index (κ3) is 18.6. The third-order valence-electron chi connectivity index (χ3n) is 5.77. The summed E-state index contributed by atoms with van der Waals surface area (Å²) < 4.78 is 47.6. The summed E-state index contributed by atoms with van der Waals surface area (Å²) >= 11 is 0. The second kappa shape index (κ2) is 22.9. The molecule has 230 valence electrons. The summed E-state index contributed by atoms with van der Waals surface area (Å²) in [6, 6.07) is 18.8. The van der Waals surface area contributed by atoms with E-state index in [-0.39, 0.29) is 106 Å². The van der Waals surface area contributed by atoms with E-state index in [2.05, 4.69) is 4.52 Å². The number of ether oxygens (including phenoxy) is 2. The molecule has 0 aromatic heterocycles. The van der Waals surface area contributed by atoms with Gasteiger partial charge in [-0.05, 0) is 24.0 Å². The Balaban J connectivity index is -0.000000324. The van der Waals surface area contributed by atoms with E-state index in [0.717, 1.165) is 11.1 Å². The van der Waals surface area contributed by atoms with Crippen LogP contribution in [0.25, 0.3) is 0 Å². The molecular weight excluding hydrogens is 696 g/mol. The smallest absolute Gasteiger partial charge is 1.00 e. The Hall–Kier alpha value is -0.590. The van der Waals surface area contributed by atoms with Gasteiger partial charge >= 0.3 is 56.7 Å². The first-order valence-corrected chi connectivity index (χ1v) is 15.9. The minimum atomic E-state index is -3.55. The van der Waals surface area contributed by atoms with Crippen molar-refractivity contribution in [2.75, 3.05) is 33.7 Å². The summed E-state index contributed by atoms with van der Waals surface area (Å²) in [6.45, 7) is 3.87. The molecule has 14 heteroatoms. The van der Waals surface area contributed by atoms with Gasteiger partial charge in [0.15, 0.2) is 0 Å². The van der Waals surface area contributed by atoms with Crippen LogP contribution in [0.1, 0.15) is 40.7 Å². The van der Waals surface area contributed by atoms with Crippen LogP contribution in [0, 0.1) is 11.8 Å². The maximum atomic E-state index is 11.9. The molecule has 0 radical (unpaired) electrons. The maximum Gasteiger partial charge on any atom is 1.00 e.